The molecular formula is O16S4Ti. The van der Waals surface area contributed by atoms with Crippen LogP contribution < -0.4 is 0 Å². The second-order valence-electron chi connectivity index (χ2n) is 1.91. The zero-order valence-electron chi connectivity index (χ0n) is 8.66. The quantitative estimate of drug-likeness (QED) is 0.126. The first-order valence-corrected chi connectivity index (χ1v) is 8.33. The summed E-state index contributed by atoms with van der Waals surface area (Å²) < 4.78 is 123. The standard InChI is InChI=1S/2H2O8S2.Ti/c2*1-9(2,3)7-8-10(4,5)6;/h2*(H,1,2,3)(H,4,5,6);/q;;+4/p-4. The van der Waals surface area contributed by atoms with Gasteiger partial charge < -0.3 is 18.2 Å². The molecule has 0 saturated carbocycles. The first kappa shape index (κ1) is 26.1. The van der Waals surface area contributed by atoms with Crippen LogP contribution in [0.25, 0.3) is 0 Å². The van der Waals surface area contributed by atoms with Gasteiger partial charge in [-0.1, -0.05) is 0 Å². The first-order valence-electron chi connectivity index (χ1n) is 3.00. The monoisotopic (exact) mass is 432 g/mol. The van der Waals surface area contributed by atoms with Crippen molar-refractivity contribution in [1.29, 1.82) is 0 Å². The molecule has 0 aliphatic heterocycles. The largest absolute Gasteiger partial charge is 4.00 e. The first-order chi connectivity index (χ1) is 8.41. The van der Waals surface area contributed by atoms with Crippen molar-refractivity contribution in [2.75, 3.05) is 0 Å². The van der Waals surface area contributed by atoms with Gasteiger partial charge in [0.15, 0.2) is 0 Å². The smallest absolute Gasteiger partial charge is 0.724 e. The zero-order valence-corrected chi connectivity index (χ0v) is 13.5. The molecule has 16 nitrogen and oxygen atoms in total. The Hall–Kier alpha value is 0.194. The maximum absolute atomic E-state index is 9.37. The van der Waals surface area contributed by atoms with E-state index < -0.39 is 41.6 Å². The Bertz CT molecular complexity index is 556. The third-order valence-corrected chi connectivity index (χ3v) is 1.50. The van der Waals surface area contributed by atoms with E-state index in [1.54, 1.807) is 0 Å². The van der Waals surface area contributed by atoms with E-state index >= 15 is 0 Å². The second-order valence-corrected chi connectivity index (χ2v) is 5.72. The summed E-state index contributed by atoms with van der Waals surface area (Å²) in [6, 6.07) is 0. The minimum Gasteiger partial charge on any atom is -0.724 e. The molecule has 0 spiro atoms. The van der Waals surface area contributed by atoms with E-state index in [1.165, 1.54) is 0 Å². The van der Waals surface area contributed by atoms with Crippen LogP contribution in [0.15, 0.2) is 0 Å². The van der Waals surface area contributed by atoms with Crippen LogP contribution in [0.2, 0.25) is 0 Å². The van der Waals surface area contributed by atoms with Crippen molar-refractivity contribution in [3.63, 3.8) is 0 Å². The van der Waals surface area contributed by atoms with Gasteiger partial charge in [0.1, 0.15) is 0 Å². The molecule has 0 aliphatic carbocycles. The summed E-state index contributed by atoms with van der Waals surface area (Å²) in [5.74, 6) is 0. The van der Waals surface area contributed by atoms with Crippen LogP contribution in [0, 0.1) is 0 Å². The van der Waals surface area contributed by atoms with Gasteiger partial charge in [0.2, 0.25) is 41.6 Å². The maximum atomic E-state index is 9.37. The van der Waals surface area contributed by atoms with E-state index in [1.807, 2.05) is 0 Å². The van der Waals surface area contributed by atoms with Crippen molar-refractivity contribution in [2.45, 2.75) is 0 Å². The molecule has 0 aliphatic rings. The average molecular weight is 432 g/mol. The normalized spacial score (nSPS) is 12.8. The molecule has 0 atom stereocenters. The maximum Gasteiger partial charge on any atom is 4.00 e. The van der Waals surface area contributed by atoms with Gasteiger partial charge in [0.05, 0.1) is 0 Å². The fraction of sp³-hybridized carbons (Fsp3) is 0. The van der Waals surface area contributed by atoms with Gasteiger partial charge in [0, 0.05) is 0 Å². The van der Waals surface area contributed by atoms with E-state index in [0.717, 1.165) is 0 Å². The Morgan fingerprint density at radius 3 is 0.571 bits per heavy atom. The van der Waals surface area contributed by atoms with Gasteiger partial charge in [-0.3, -0.25) is 0 Å². The van der Waals surface area contributed by atoms with Crippen molar-refractivity contribution in [3.05, 3.63) is 0 Å². The Labute approximate surface area is 132 Å². The third-order valence-electron chi connectivity index (χ3n) is 0.389. The van der Waals surface area contributed by atoms with Gasteiger partial charge in [-0.2, -0.15) is 0 Å². The summed E-state index contributed by atoms with van der Waals surface area (Å²) in [6.07, 6.45) is 0. The van der Waals surface area contributed by atoms with Crippen LogP contribution in [0.4, 0.5) is 0 Å². The molecule has 21 heavy (non-hydrogen) atoms. The predicted octanol–water partition coefficient (Wildman–Crippen LogP) is -4.29. The van der Waals surface area contributed by atoms with Gasteiger partial charge >= 0.3 is 21.7 Å². The molecule has 124 valence electrons. The summed E-state index contributed by atoms with van der Waals surface area (Å²) in [5, 5.41) is 0. The van der Waals surface area contributed by atoms with E-state index in [4.69, 9.17) is 0 Å². The Morgan fingerprint density at radius 1 is 0.429 bits per heavy atom. The van der Waals surface area contributed by atoms with E-state index in [0.29, 0.717) is 0 Å². The number of hydrogen-bond donors (Lipinski definition) is 0. The van der Waals surface area contributed by atoms with Crippen molar-refractivity contribution >= 4 is 41.6 Å². The molecule has 0 amide bonds. The molecule has 0 aromatic rings. The van der Waals surface area contributed by atoms with Crippen molar-refractivity contribution < 1.29 is 90.9 Å². The van der Waals surface area contributed by atoms with Crippen LogP contribution in [0.1, 0.15) is 0 Å². The fourth-order valence-corrected chi connectivity index (χ4v) is 1.22. The fourth-order valence-electron chi connectivity index (χ4n) is 0.136. The summed E-state index contributed by atoms with van der Waals surface area (Å²) in [4.78, 5) is 0. The molecule has 0 rings (SSSR count). The summed E-state index contributed by atoms with van der Waals surface area (Å²) in [7, 11) is -21.2. The second kappa shape index (κ2) is 9.36. The van der Waals surface area contributed by atoms with Crippen molar-refractivity contribution in [3.8, 4) is 0 Å². The SMILES string of the molecule is O=S(=O)([O-])OOS(=O)(=O)[O-].O=S(=O)([O-])OOS(=O)(=O)[O-].[Ti+4]. The Balaban J connectivity index is -0.000000295. The molecule has 0 N–H and O–H groups in total. The number of hydrogen-bond acceptors (Lipinski definition) is 16. The van der Waals surface area contributed by atoms with Crippen LogP contribution in [0.3, 0.4) is 0 Å². The van der Waals surface area contributed by atoms with Crippen LogP contribution in [-0.2, 0) is 80.6 Å². The minimum atomic E-state index is -5.31. The molecule has 0 aromatic heterocycles. The van der Waals surface area contributed by atoms with Gasteiger partial charge in [0.25, 0.3) is 0 Å². The molecule has 0 heterocycles. The molecule has 21 heteroatoms. The molecule has 0 radical (unpaired) electrons. The molecule has 0 saturated heterocycles. The summed E-state index contributed by atoms with van der Waals surface area (Å²) in [6.45, 7) is 0. The van der Waals surface area contributed by atoms with Crippen LogP contribution in [0.5, 0.6) is 0 Å². The van der Waals surface area contributed by atoms with Gasteiger partial charge in [-0.25, -0.2) is 33.7 Å². The van der Waals surface area contributed by atoms with Gasteiger partial charge in [-0.15, -0.1) is 17.3 Å². The Kier molecular flexibility index (Phi) is 11.6. The van der Waals surface area contributed by atoms with Gasteiger partial charge in [-0.05, 0) is 0 Å². The molecule has 0 unspecified atom stereocenters. The minimum absolute atomic E-state index is 0. The Morgan fingerprint density at radius 2 is 0.524 bits per heavy atom. The molecule has 0 fully saturated rings. The van der Waals surface area contributed by atoms with Crippen molar-refractivity contribution in [2.24, 2.45) is 0 Å². The summed E-state index contributed by atoms with van der Waals surface area (Å²) in [5.41, 5.74) is 0. The molecular weight excluding hydrogens is 432 g/mol. The topological polar surface area (TPSA) is 266 Å². The van der Waals surface area contributed by atoms with E-state index in [-0.39, 0.29) is 21.7 Å². The predicted molar refractivity (Wildman–Crippen MR) is 43.1 cm³/mol. The zero-order chi connectivity index (χ0) is 16.8. The van der Waals surface area contributed by atoms with E-state index in [2.05, 4.69) is 17.3 Å². The molecule has 0 aromatic carbocycles. The van der Waals surface area contributed by atoms with Crippen LogP contribution in [-0.4, -0.2) is 51.9 Å². The van der Waals surface area contributed by atoms with E-state index in [9.17, 15) is 51.9 Å². The van der Waals surface area contributed by atoms with Crippen LogP contribution >= 0.6 is 0 Å². The number of rotatable bonds is 6. The average Bonchev–Trinajstić information content (AvgIpc) is 2.09. The van der Waals surface area contributed by atoms with Crippen molar-refractivity contribution in [1.82, 2.24) is 0 Å². The summed E-state index contributed by atoms with van der Waals surface area (Å²) >= 11 is 0. The molecule has 0 bridgehead atoms. The third kappa shape index (κ3) is 33.2.